The zero-order valence-electron chi connectivity index (χ0n) is 9.52. The van der Waals surface area contributed by atoms with Gasteiger partial charge in [0.1, 0.15) is 6.29 Å². The summed E-state index contributed by atoms with van der Waals surface area (Å²) in [6.07, 6.45) is 3.63. The molecule has 2 rings (SSSR count). The number of rotatable bonds is 1. The molecule has 1 aromatic carbocycles. The summed E-state index contributed by atoms with van der Waals surface area (Å²) in [6.45, 7) is 3.59. The van der Waals surface area contributed by atoms with E-state index in [1.54, 1.807) is 12.1 Å². The first kappa shape index (κ1) is 11.9. The van der Waals surface area contributed by atoms with Crippen molar-refractivity contribution in [1.82, 2.24) is 4.90 Å². The van der Waals surface area contributed by atoms with Gasteiger partial charge < -0.3 is 4.90 Å². The van der Waals surface area contributed by atoms with Gasteiger partial charge in [0, 0.05) is 11.6 Å². The van der Waals surface area contributed by atoms with E-state index in [1.165, 1.54) is 19.4 Å². The molecule has 1 unspecified atom stereocenters. The Morgan fingerprint density at radius 3 is 2.27 bits per heavy atom. The summed E-state index contributed by atoms with van der Waals surface area (Å²) < 4.78 is 0. The van der Waals surface area contributed by atoms with Gasteiger partial charge in [-0.2, -0.15) is 0 Å². The molecule has 2 heteroatoms. The standard InChI is InChI=1S/C7H6O.C6H13N/c8-6-7-4-2-1-3-5-7;1-6-4-3-5-7(6)2/h1-6H;6H,3-5H2,1-2H3. The minimum absolute atomic E-state index is 0.729. The van der Waals surface area contributed by atoms with Gasteiger partial charge in [-0.3, -0.25) is 4.79 Å². The van der Waals surface area contributed by atoms with E-state index in [9.17, 15) is 4.79 Å². The van der Waals surface area contributed by atoms with Crippen molar-refractivity contribution in [3.05, 3.63) is 35.9 Å². The SMILES string of the molecule is CC1CCCN1C.O=Cc1ccccc1. The highest BCUT2D eigenvalue weighted by molar-refractivity contribution is 5.74. The van der Waals surface area contributed by atoms with Crippen LogP contribution in [-0.2, 0) is 0 Å². The summed E-state index contributed by atoms with van der Waals surface area (Å²) in [5.41, 5.74) is 0.729. The zero-order valence-corrected chi connectivity index (χ0v) is 9.52. The van der Waals surface area contributed by atoms with Gasteiger partial charge in [0.05, 0.1) is 0 Å². The van der Waals surface area contributed by atoms with Gasteiger partial charge in [0.15, 0.2) is 0 Å². The van der Waals surface area contributed by atoms with E-state index in [4.69, 9.17) is 0 Å². The van der Waals surface area contributed by atoms with Crippen molar-refractivity contribution < 1.29 is 4.79 Å². The maximum atomic E-state index is 10.0. The Balaban J connectivity index is 0.000000151. The van der Waals surface area contributed by atoms with E-state index >= 15 is 0 Å². The van der Waals surface area contributed by atoms with Crippen LogP contribution in [0.2, 0.25) is 0 Å². The summed E-state index contributed by atoms with van der Waals surface area (Å²) in [5.74, 6) is 0. The van der Waals surface area contributed by atoms with Gasteiger partial charge in [-0.25, -0.2) is 0 Å². The van der Waals surface area contributed by atoms with Crippen molar-refractivity contribution in [3.8, 4) is 0 Å². The van der Waals surface area contributed by atoms with Crippen molar-refractivity contribution in [2.45, 2.75) is 25.8 Å². The van der Waals surface area contributed by atoms with Crippen LogP contribution in [0, 0.1) is 0 Å². The third-order valence-corrected chi connectivity index (χ3v) is 2.82. The van der Waals surface area contributed by atoms with Gasteiger partial charge in [-0.15, -0.1) is 0 Å². The van der Waals surface area contributed by atoms with Crippen molar-refractivity contribution in [2.75, 3.05) is 13.6 Å². The molecule has 0 bridgehead atoms. The van der Waals surface area contributed by atoms with Gasteiger partial charge in [0.2, 0.25) is 0 Å². The summed E-state index contributed by atoms with van der Waals surface area (Å²) in [4.78, 5) is 12.4. The van der Waals surface area contributed by atoms with Crippen LogP contribution >= 0.6 is 0 Å². The molecule has 0 radical (unpaired) electrons. The maximum absolute atomic E-state index is 10.0. The normalized spacial score (nSPS) is 20.5. The minimum atomic E-state index is 0.729. The largest absolute Gasteiger partial charge is 0.304 e. The molecule has 0 amide bonds. The summed E-state index contributed by atoms with van der Waals surface area (Å²) in [5, 5.41) is 0. The number of hydrogen-bond acceptors (Lipinski definition) is 2. The molecule has 0 saturated carbocycles. The molecule has 1 aromatic rings. The van der Waals surface area contributed by atoms with Crippen molar-refractivity contribution >= 4 is 6.29 Å². The summed E-state index contributed by atoms with van der Waals surface area (Å²) in [7, 11) is 2.19. The highest BCUT2D eigenvalue weighted by atomic mass is 16.1. The third-order valence-electron chi connectivity index (χ3n) is 2.82. The van der Waals surface area contributed by atoms with Crippen LogP contribution in [0.3, 0.4) is 0 Å². The van der Waals surface area contributed by atoms with Crippen LogP contribution < -0.4 is 0 Å². The quantitative estimate of drug-likeness (QED) is 0.657. The molecule has 1 fully saturated rings. The first-order valence-corrected chi connectivity index (χ1v) is 5.44. The van der Waals surface area contributed by atoms with E-state index in [0.29, 0.717) is 0 Å². The molecular weight excluding hydrogens is 186 g/mol. The molecule has 0 aromatic heterocycles. The number of nitrogens with zero attached hydrogens (tertiary/aromatic N) is 1. The van der Waals surface area contributed by atoms with Gasteiger partial charge in [-0.1, -0.05) is 30.3 Å². The lowest BCUT2D eigenvalue weighted by atomic mass is 10.2. The Morgan fingerprint density at radius 1 is 1.33 bits per heavy atom. The molecule has 1 saturated heterocycles. The van der Waals surface area contributed by atoms with Crippen LogP contribution in [0.5, 0.6) is 0 Å². The summed E-state index contributed by atoms with van der Waals surface area (Å²) >= 11 is 0. The van der Waals surface area contributed by atoms with Crippen LogP contribution in [0.1, 0.15) is 30.1 Å². The molecule has 1 aliphatic heterocycles. The molecule has 2 nitrogen and oxygen atoms in total. The second-order valence-electron chi connectivity index (χ2n) is 4.00. The number of likely N-dealkylation sites (tertiary alicyclic amines) is 1. The lowest BCUT2D eigenvalue weighted by molar-refractivity contribution is 0.112. The molecule has 0 N–H and O–H groups in total. The van der Waals surface area contributed by atoms with Crippen LogP contribution in [0.15, 0.2) is 30.3 Å². The number of carbonyl (C=O) groups excluding carboxylic acids is 1. The molecule has 0 spiro atoms. The first-order valence-electron chi connectivity index (χ1n) is 5.44. The van der Waals surface area contributed by atoms with Crippen molar-refractivity contribution in [2.24, 2.45) is 0 Å². The first-order chi connectivity index (χ1) is 7.24. The average Bonchev–Trinajstić information content (AvgIpc) is 2.65. The predicted octanol–water partition coefficient (Wildman–Crippen LogP) is 2.60. The molecular formula is C13H19NO. The van der Waals surface area contributed by atoms with E-state index in [0.717, 1.165) is 17.9 Å². The van der Waals surface area contributed by atoms with E-state index < -0.39 is 0 Å². The second kappa shape index (κ2) is 6.36. The van der Waals surface area contributed by atoms with Crippen molar-refractivity contribution in [1.29, 1.82) is 0 Å². The lowest BCUT2D eigenvalue weighted by Crippen LogP contribution is -2.20. The smallest absolute Gasteiger partial charge is 0.150 e. The molecule has 1 atom stereocenters. The fraction of sp³-hybridized carbons (Fsp3) is 0.462. The average molecular weight is 205 g/mol. The number of hydrogen-bond donors (Lipinski definition) is 0. The molecule has 1 heterocycles. The fourth-order valence-electron chi connectivity index (χ4n) is 1.61. The minimum Gasteiger partial charge on any atom is -0.304 e. The summed E-state index contributed by atoms with van der Waals surface area (Å²) in [6, 6.07) is 9.94. The second-order valence-corrected chi connectivity index (χ2v) is 4.00. The fourth-order valence-corrected chi connectivity index (χ4v) is 1.61. The Labute approximate surface area is 91.9 Å². The molecule has 82 valence electrons. The third kappa shape index (κ3) is 4.26. The molecule has 1 aliphatic rings. The van der Waals surface area contributed by atoms with E-state index in [-0.39, 0.29) is 0 Å². The van der Waals surface area contributed by atoms with Crippen LogP contribution in [0.25, 0.3) is 0 Å². The molecule has 15 heavy (non-hydrogen) atoms. The van der Waals surface area contributed by atoms with Crippen LogP contribution in [0.4, 0.5) is 0 Å². The maximum Gasteiger partial charge on any atom is 0.150 e. The van der Waals surface area contributed by atoms with Crippen LogP contribution in [-0.4, -0.2) is 30.8 Å². The number of carbonyl (C=O) groups is 1. The predicted molar refractivity (Wildman–Crippen MR) is 63.2 cm³/mol. The highest BCUT2D eigenvalue weighted by Gasteiger charge is 2.14. The number of aldehydes is 1. The van der Waals surface area contributed by atoms with Crippen molar-refractivity contribution in [3.63, 3.8) is 0 Å². The Morgan fingerprint density at radius 2 is 2.00 bits per heavy atom. The van der Waals surface area contributed by atoms with Gasteiger partial charge >= 0.3 is 0 Å². The monoisotopic (exact) mass is 205 g/mol. The molecule has 0 aliphatic carbocycles. The lowest BCUT2D eigenvalue weighted by Gasteiger charge is -2.12. The number of benzene rings is 1. The Hall–Kier alpha value is -1.15. The Bertz CT molecular complexity index is 276. The Kier molecular flexibility index (Phi) is 5.05. The van der Waals surface area contributed by atoms with E-state index in [2.05, 4.69) is 18.9 Å². The zero-order chi connectivity index (χ0) is 11.1. The van der Waals surface area contributed by atoms with Gasteiger partial charge in [-0.05, 0) is 33.4 Å². The van der Waals surface area contributed by atoms with Gasteiger partial charge in [0.25, 0.3) is 0 Å². The highest BCUT2D eigenvalue weighted by Crippen LogP contribution is 2.12. The topological polar surface area (TPSA) is 20.3 Å². The van der Waals surface area contributed by atoms with E-state index in [1.807, 2.05) is 18.2 Å².